The number of halogens is 1. The highest BCUT2D eigenvalue weighted by Crippen LogP contribution is 2.22. The van der Waals surface area contributed by atoms with Gasteiger partial charge in [0.2, 0.25) is 5.91 Å². The van der Waals surface area contributed by atoms with Crippen LogP contribution in [0.4, 0.5) is 4.79 Å². The smallest absolute Gasteiger partial charge is 0.320 e. The van der Waals surface area contributed by atoms with Gasteiger partial charge in [-0.1, -0.05) is 28.1 Å². The van der Waals surface area contributed by atoms with E-state index in [1.807, 2.05) is 41.0 Å². The molecule has 0 unspecified atom stereocenters. The average molecular weight is 408 g/mol. The van der Waals surface area contributed by atoms with E-state index in [0.717, 1.165) is 55.4 Å². The molecule has 2 aliphatic heterocycles. The molecule has 5 nitrogen and oxygen atoms in total. The number of amides is 3. The van der Waals surface area contributed by atoms with Gasteiger partial charge in [0.25, 0.3) is 0 Å². The summed E-state index contributed by atoms with van der Waals surface area (Å²) >= 11 is 3.47. The standard InChI is InChI=1S/C19H26BrN3O2/c1-14(15-6-4-8-17(20)12-15)21-18(24)16-7-5-11-23(13-16)19(25)22-9-2-3-10-22/h4,6,8,12,14,16H,2-3,5,7,9-11,13H2,1H3,(H,21,24)/t14-,16-/m1/s1. The zero-order chi connectivity index (χ0) is 17.8. The summed E-state index contributed by atoms with van der Waals surface area (Å²) in [7, 11) is 0. The predicted octanol–water partition coefficient (Wildman–Crippen LogP) is 3.55. The van der Waals surface area contributed by atoms with Gasteiger partial charge in [0.05, 0.1) is 12.0 Å². The zero-order valence-electron chi connectivity index (χ0n) is 14.7. The van der Waals surface area contributed by atoms with Crippen LogP contribution in [0.3, 0.4) is 0 Å². The van der Waals surface area contributed by atoms with E-state index in [4.69, 9.17) is 0 Å². The summed E-state index contributed by atoms with van der Waals surface area (Å²) in [5, 5.41) is 3.11. The molecule has 0 aromatic heterocycles. The van der Waals surface area contributed by atoms with E-state index in [-0.39, 0.29) is 23.9 Å². The van der Waals surface area contributed by atoms with Crippen molar-refractivity contribution in [2.45, 2.75) is 38.6 Å². The van der Waals surface area contributed by atoms with E-state index in [0.29, 0.717) is 6.54 Å². The molecule has 0 spiro atoms. The lowest BCUT2D eigenvalue weighted by Crippen LogP contribution is -2.49. The maximum Gasteiger partial charge on any atom is 0.320 e. The van der Waals surface area contributed by atoms with Crippen molar-refractivity contribution in [1.29, 1.82) is 0 Å². The Morgan fingerprint density at radius 3 is 2.60 bits per heavy atom. The Bertz CT molecular complexity index is 631. The van der Waals surface area contributed by atoms with Gasteiger partial charge in [0.15, 0.2) is 0 Å². The van der Waals surface area contributed by atoms with Crippen LogP contribution in [-0.2, 0) is 4.79 Å². The van der Waals surface area contributed by atoms with Gasteiger partial charge in [0.1, 0.15) is 0 Å². The molecule has 136 valence electrons. The minimum Gasteiger partial charge on any atom is -0.349 e. The third-order valence-corrected chi connectivity index (χ3v) is 5.64. The molecule has 0 saturated carbocycles. The van der Waals surface area contributed by atoms with Crippen LogP contribution in [0, 0.1) is 5.92 Å². The fourth-order valence-electron chi connectivity index (χ4n) is 3.66. The number of hydrogen-bond donors (Lipinski definition) is 1. The minimum absolute atomic E-state index is 0.0466. The first-order valence-electron chi connectivity index (χ1n) is 9.14. The Balaban J connectivity index is 1.57. The Labute approximate surface area is 157 Å². The summed E-state index contributed by atoms with van der Waals surface area (Å²) in [6.45, 7) is 5.00. The number of rotatable bonds is 3. The highest BCUT2D eigenvalue weighted by atomic mass is 79.9. The van der Waals surface area contributed by atoms with Crippen LogP contribution in [0.25, 0.3) is 0 Å². The van der Waals surface area contributed by atoms with Gasteiger partial charge in [0, 0.05) is 30.7 Å². The molecule has 2 fully saturated rings. The summed E-state index contributed by atoms with van der Waals surface area (Å²) in [6.07, 6.45) is 3.92. The van der Waals surface area contributed by atoms with Crippen LogP contribution in [-0.4, -0.2) is 47.9 Å². The molecule has 0 radical (unpaired) electrons. The van der Waals surface area contributed by atoms with Crippen molar-refractivity contribution in [3.8, 4) is 0 Å². The number of carbonyl (C=O) groups is 2. The number of nitrogens with one attached hydrogen (secondary N) is 1. The summed E-state index contributed by atoms with van der Waals surface area (Å²) in [4.78, 5) is 29.0. The topological polar surface area (TPSA) is 52.7 Å². The summed E-state index contributed by atoms with van der Waals surface area (Å²) in [5.41, 5.74) is 1.07. The number of piperidine rings is 1. The Morgan fingerprint density at radius 1 is 1.16 bits per heavy atom. The quantitative estimate of drug-likeness (QED) is 0.832. The summed E-state index contributed by atoms with van der Waals surface area (Å²) in [6, 6.07) is 8.04. The number of benzene rings is 1. The van der Waals surface area contributed by atoms with Gasteiger partial charge < -0.3 is 15.1 Å². The first-order valence-corrected chi connectivity index (χ1v) is 9.93. The average Bonchev–Trinajstić information content (AvgIpc) is 3.15. The zero-order valence-corrected chi connectivity index (χ0v) is 16.3. The fourth-order valence-corrected chi connectivity index (χ4v) is 4.08. The molecular formula is C19H26BrN3O2. The molecule has 6 heteroatoms. The molecule has 2 heterocycles. The minimum atomic E-state index is -0.116. The van der Waals surface area contributed by atoms with E-state index in [1.54, 1.807) is 0 Å². The molecule has 1 aromatic rings. The highest BCUT2D eigenvalue weighted by Gasteiger charge is 2.31. The predicted molar refractivity (Wildman–Crippen MR) is 101 cm³/mol. The van der Waals surface area contributed by atoms with Crippen molar-refractivity contribution in [3.05, 3.63) is 34.3 Å². The van der Waals surface area contributed by atoms with E-state index >= 15 is 0 Å². The normalized spacial score (nSPS) is 21.9. The van der Waals surface area contributed by atoms with Gasteiger partial charge in [-0.05, 0) is 50.3 Å². The van der Waals surface area contributed by atoms with Crippen LogP contribution in [0.1, 0.15) is 44.2 Å². The number of nitrogens with zero attached hydrogens (tertiary/aromatic N) is 2. The van der Waals surface area contributed by atoms with E-state index in [2.05, 4.69) is 21.2 Å². The SMILES string of the molecule is C[C@@H](NC(=O)[C@@H]1CCCN(C(=O)N2CCCC2)C1)c1cccc(Br)c1. The number of carbonyl (C=O) groups excluding carboxylic acids is 2. The Morgan fingerprint density at radius 2 is 1.88 bits per heavy atom. The molecular weight excluding hydrogens is 382 g/mol. The van der Waals surface area contributed by atoms with Crippen molar-refractivity contribution >= 4 is 27.9 Å². The monoisotopic (exact) mass is 407 g/mol. The first-order chi connectivity index (χ1) is 12.0. The van der Waals surface area contributed by atoms with Gasteiger partial charge in [-0.2, -0.15) is 0 Å². The second kappa shape index (κ2) is 8.21. The molecule has 2 aliphatic rings. The lowest BCUT2D eigenvalue weighted by Gasteiger charge is -2.35. The van der Waals surface area contributed by atoms with Gasteiger partial charge in [-0.25, -0.2) is 4.79 Å². The maximum absolute atomic E-state index is 12.7. The number of likely N-dealkylation sites (tertiary alicyclic amines) is 2. The van der Waals surface area contributed by atoms with Gasteiger partial charge >= 0.3 is 6.03 Å². The Kier molecular flexibility index (Phi) is 5.99. The first kappa shape index (κ1) is 18.2. The second-order valence-electron chi connectivity index (χ2n) is 7.05. The number of hydrogen-bond acceptors (Lipinski definition) is 2. The fraction of sp³-hybridized carbons (Fsp3) is 0.579. The van der Waals surface area contributed by atoms with Gasteiger partial charge in [-0.15, -0.1) is 0 Å². The van der Waals surface area contributed by atoms with E-state index in [9.17, 15) is 9.59 Å². The van der Waals surface area contributed by atoms with Crippen molar-refractivity contribution in [2.24, 2.45) is 5.92 Å². The molecule has 2 atom stereocenters. The van der Waals surface area contributed by atoms with E-state index < -0.39 is 0 Å². The molecule has 1 aromatic carbocycles. The maximum atomic E-state index is 12.7. The van der Waals surface area contributed by atoms with Crippen molar-refractivity contribution in [1.82, 2.24) is 15.1 Å². The van der Waals surface area contributed by atoms with Crippen molar-refractivity contribution in [2.75, 3.05) is 26.2 Å². The van der Waals surface area contributed by atoms with E-state index in [1.165, 1.54) is 0 Å². The lowest BCUT2D eigenvalue weighted by molar-refractivity contribution is -0.127. The molecule has 1 N–H and O–H groups in total. The highest BCUT2D eigenvalue weighted by molar-refractivity contribution is 9.10. The summed E-state index contributed by atoms with van der Waals surface area (Å²) < 4.78 is 1.01. The van der Waals surface area contributed by atoms with Crippen LogP contribution in [0.2, 0.25) is 0 Å². The molecule has 2 saturated heterocycles. The number of urea groups is 1. The summed E-state index contributed by atoms with van der Waals surface area (Å²) in [5.74, 6) is -0.0682. The third kappa shape index (κ3) is 4.54. The van der Waals surface area contributed by atoms with Crippen molar-refractivity contribution < 1.29 is 9.59 Å². The molecule has 3 rings (SSSR count). The molecule has 3 amide bonds. The van der Waals surface area contributed by atoms with Crippen LogP contribution in [0.5, 0.6) is 0 Å². The molecule has 0 aliphatic carbocycles. The molecule has 0 bridgehead atoms. The van der Waals surface area contributed by atoms with Crippen LogP contribution >= 0.6 is 15.9 Å². The lowest BCUT2D eigenvalue weighted by atomic mass is 9.96. The van der Waals surface area contributed by atoms with Gasteiger partial charge in [-0.3, -0.25) is 4.79 Å². The third-order valence-electron chi connectivity index (χ3n) is 5.15. The van der Waals surface area contributed by atoms with Crippen molar-refractivity contribution in [3.63, 3.8) is 0 Å². The van der Waals surface area contributed by atoms with Crippen LogP contribution < -0.4 is 5.32 Å². The molecule has 25 heavy (non-hydrogen) atoms. The second-order valence-corrected chi connectivity index (χ2v) is 7.96. The Hall–Kier alpha value is -1.56. The van der Waals surface area contributed by atoms with Crippen LogP contribution in [0.15, 0.2) is 28.7 Å². The largest absolute Gasteiger partial charge is 0.349 e.